The average molecular weight is 537 g/mol. The third-order valence-corrected chi connectivity index (χ3v) is 6.50. The molecule has 0 spiro atoms. The Bertz CT molecular complexity index is 1290. The minimum Gasteiger partial charge on any atom is -1.00 e. The molecule has 0 saturated carbocycles. The number of H-pyrrole nitrogens is 2. The molecule has 0 radical (unpaired) electrons. The van der Waals surface area contributed by atoms with E-state index in [9.17, 15) is 0 Å². The summed E-state index contributed by atoms with van der Waals surface area (Å²) >= 11 is 0. The number of aromatic nitrogens is 2. The van der Waals surface area contributed by atoms with Crippen LogP contribution in [0.15, 0.2) is 95.1 Å². The van der Waals surface area contributed by atoms with Gasteiger partial charge in [-0.3, -0.25) is 0 Å². The van der Waals surface area contributed by atoms with Gasteiger partial charge in [0.15, 0.2) is 0 Å². The van der Waals surface area contributed by atoms with Gasteiger partial charge >= 0.3 is 21.7 Å². The Morgan fingerprint density at radius 2 is 0.943 bits per heavy atom. The zero-order valence-electron chi connectivity index (χ0n) is 20.6. The van der Waals surface area contributed by atoms with Crippen LogP contribution in [-0.4, -0.2) is 9.97 Å². The minimum absolute atomic E-state index is 0. The van der Waals surface area contributed by atoms with Gasteiger partial charge in [0, 0.05) is 22.4 Å². The van der Waals surface area contributed by atoms with Gasteiger partial charge in [0.1, 0.15) is 0 Å². The smallest absolute Gasteiger partial charge is 1.00 e. The largest absolute Gasteiger partial charge is 2.00 e. The van der Waals surface area contributed by atoms with Crippen molar-refractivity contribution < 1.29 is 46.5 Å². The molecule has 2 aromatic heterocycles. The Hall–Kier alpha value is -2.23. The number of nitrogens with one attached hydrogen (secondary N) is 2. The second-order valence-electron chi connectivity index (χ2n) is 9.20. The first-order valence-corrected chi connectivity index (χ1v) is 11.4. The number of rotatable bonds is 2. The maximum atomic E-state index is 3.50. The molecule has 2 aliphatic carbocycles. The van der Waals surface area contributed by atoms with E-state index < -0.39 is 0 Å². The van der Waals surface area contributed by atoms with Crippen molar-refractivity contribution in [3.63, 3.8) is 0 Å². The number of halogens is 2. The fourth-order valence-corrected chi connectivity index (χ4v) is 4.94. The Morgan fingerprint density at radius 1 is 0.571 bits per heavy atom. The van der Waals surface area contributed by atoms with Gasteiger partial charge in [-0.1, -0.05) is 59.7 Å². The Labute approximate surface area is 235 Å². The van der Waals surface area contributed by atoms with Gasteiger partial charge < -0.3 is 34.8 Å². The van der Waals surface area contributed by atoms with Gasteiger partial charge in [0.05, 0.1) is 0 Å². The van der Waals surface area contributed by atoms with Gasteiger partial charge in [-0.15, -0.1) is 0 Å². The van der Waals surface area contributed by atoms with Crippen LogP contribution in [0.4, 0.5) is 0 Å². The molecule has 2 aromatic carbocycles. The fraction of sp³-hybridized carbons (Fsp3) is 0.200. The predicted octanol–water partition coefficient (Wildman–Crippen LogP) is 2.59. The average Bonchev–Trinajstić information content (AvgIpc) is 3.52. The number of allylic oxidation sites excluding steroid dienone is 8. The molecule has 0 bridgehead atoms. The van der Waals surface area contributed by atoms with Crippen LogP contribution in [0.3, 0.4) is 0 Å². The van der Waals surface area contributed by atoms with E-state index in [1.165, 1.54) is 66.6 Å². The summed E-state index contributed by atoms with van der Waals surface area (Å²) in [6.45, 7) is 8.77. The Balaban J connectivity index is 0.000000227. The predicted molar refractivity (Wildman–Crippen MR) is 139 cm³/mol. The van der Waals surface area contributed by atoms with Crippen LogP contribution in [0.25, 0.3) is 33.0 Å². The molecular formula is C30H30Cl2N2Ti. The van der Waals surface area contributed by atoms with Gasteiger partial charge in [-0.25, -0.2) is 0 Å². The van der Waals surface area contributed by atoms with Gasteiger partial charge in [0.2, 0.25) is 0 Å². The van der Waals surface area contributed by atoms with Crippen LogP contribution in [0.5, 0.6) is 0 Å². The molecule has 0 aliphatic heterocycles. The van der Waals surface area contributed by atoms with Crippen molar-refractivity contribution >= 4 is 33.0 Å². The molecule has 0 fully saturated rings. The molecule has 0 unspecified atom stereocenters. The normalized spacial score (nSPS) is 14.6. The van der Waals surface area contributed by atoms with Crippen molar-refractivity contribution in [1.29, 1.82) is 0 Å². The summed E-state index contributed by atoms with van der Waals surface area (Å²) in [7, 11) is 0. The molecule has 178 valence electrons. The molecule has 0 saturated heterocycles. The van der Waals surface area contributed by atoms with Crippen LogP contribution in [-0.2, 0) is 21.7 Å². The Morgan fingerprint density at radius 3 is 1.26 bits per heavy atom. The van der Waals surface area contributed by atoms with Crippen LogP contribution >= 0.6 is 0 Å². The van der Waals surface area contributed by atoms with Gasteiger partial charge in [0.25, 0.3) is 0 Å². The van der Waals surface area contributed by atoms with E-state index in [0.717, 1.165) is 12.8 Å². The number of benzene rings is 2. The molecule has 6 rings (SSSR count). The zero-order chi connectivity index (χ0) is 22.2. The molecule has 2 heterocycles. The maximum absolute atomic E-state index is 3.50. The first-order valence-electron chi connectivity index (χ1n) is 11.4. The van der Waals surface area contributed by atoms with Crippen molar-refractivity contribution in [3.8, 4) is 0 Å². The van der Waals surface area contributed by atoms with E-state index >= 15 is 0 Å². The number of para-hydroxylation sites is 2. The Kier molecular flexibility index (Phi) is 10.1. The summed E-state index contributed by atoms with van der Waals surface area (Å²) in [6.07, 6.45) is 6.72. The third kappa shape index (κ3) is 6.13. The molecule has 35 heavy (non-hydrogen) atoms. The van der Waals surface area contributed by atoms with Gasteiger partial charge in [-0.2, -0.15) is 0 Å². The standard InChI is InChI=1S/2C15H15N.2ClH.Ti/c2*1-10-7-11(2)13(8-10)15-9-12-5-3-4-6-14(12)16-15;;;/h2*3-7,9,16H,8H2,1-2H3;2*1H;/q;;;;+2/p-2. The van der Waals surface area contributed by atoms with Crippen molar-refractivity contribution in [2.45, 2.75) is 40.5 Å². The van der Waals surface area contributed by atoms with E-state index in [0.29, 0.717) is 0 Å². The number of fused-ring (bicyclic) bond motifs is 2. The summed E-state index contributed by atoms with van der Waals surface area (Å²) in [5, 5.41) is 2.59. The van der Waals surface area contributed by atoms with E-state index in [1.54, 1.807) is 0 Å². The van der Waals surface area contributed by atoms with E-state index in [-0.39, 0.29) is 46.5 Å². The summed E-state index contributed by atoms with van der Waals surface area (Å²) in [5.74, 6) is 0. The van der Waals surface area contributed by atoms with Crippen LogP contribution in [0.2, 0.25) is 0 Å². The second-order valence-corrected chi connectivity index (χ2v) is 9.20. The summed E-state index contributed by atoms with van der Waals surface area (Å²) < 4.78 is 0. The summed E-state index contributed by atoms with van der Waals surface area (Å²) in [6, 6.07) is 21.4. The molecule has 0 atom stereocenters. The first-order chi connectivity index (χ1) is 15.5. The minimum atomic E-state index is 0. The zero-order valence-corrected chi connectivity index (χ0v) is 23.7. The van der Waals surface area contributed by atoms with Crippen LogP contribution in [0, 0.1) is 0 Å². The number of hydrogen-bond acceptors (Lipinski definition) is 0. The van der Waals surface area contributed by atoms with E-state index in [2.05, 4.69) is 110 Å². The quantitative estimate of drug-likeness (QED) is 0.369. The fourth-order valence-electron chi connectivity index (χ4n) is 4.94. The molecule has 4 aromatic rings. The molecule has 5 heteroatoms. The first kappa shape index (κ1) is 29.0. The van der Waals surface area contributed by atoms with Crippen molar-refractivity contribution in [1.82, 2.24) is 9.97 Å². The topological polar surface area (TPSA) is 31.6 Å². The second kappa shape index (κ2) is 12.1. The summed E-state index contributed by atoms with van der Waals surface area (Å²) in [4.78, 5) is 6.99. The molecule has 2 nitrogen and oxygen atoms in total. The maximum Gasteiger partial charge on any atom is 2.00 e. The number of aromatic amines is 2. The monoisotopic (exact) mass is 536 g/mol. The van der Waals surface area contributed by atoms with Crippen molar-refractivity contribution in [2.75, 3.05) is 0 Å². The molecule has 0 amide bonds. The van der Waals surface area contributed by atoms with Crippen molar-refractivity contribution in [3.05, 3.63) is 106 Å². The molecule has 2 aliphatic rings. The number of hydrogen-bond donors (Lipinski definition) is 2. The summed E-state index contributed by atoms with van der Waals surface area (Å²) in [5.41, 5.74) is 13.6. The van der Waals surface area contributed by atoms with E-state index in [4.69, 9.17) is 0 Å². The SMILES string of the molecule is CC1=CC(C)=C(c2cc3ccccc3[nH]2)C1.CC1=CC(C)=C(c2cc3ccccc3[nH]2)C1.[Cl-].[Cl-].[Ti+2]. The van der Waals surface area contributed by atoms with Crippen LogP contribution in [0.1, 0.15) is 51.9 Å². The van der Waals surface area contributed by atoms with Gasteiger partial charge in [-0.05, 0) is 97.9 Å². The van der Waals surface area contributed by atoms with E-state index in [1.807, 2.05) is 0 Å². The molecule has 2 N–H and O–H groups in total. The molecular weight excluding hydrogens is 507 g/mol. The third-order valence-electron chi connectivity index (χ3n) is 6.50. The van der Waals surface area contributed by atoms with Crippen LogP contribution < -0.4 is 24.8 Å². The van der Waals surface area contributed by atoms with Crippen molar-refractivity contribution in [2.24, 2.45) is 0 Å².